The molecule has 0 saturated carbocycles. The summed E-state index contributed by atoms with van der Waals surface area (Å²) >= 11 is 0. The van der Waals surface area contributed by atoms with Gasteiger partial charge in [0.05, 0.1) is 24.0 Å². The monoisotopic (exact) mass is 286 g/mol. The van der Waals surface area contributed by atoms with Crippen LogP contribution < -0.4 is 16.0 Å². The van der Waals surface area contributed by atoms with Crippen molar-refractivity contribution in [3.05, 3.63) is 46.8 Å². The third kappa shape index (κ3) is 2.54. The molecule has 3 rings (SSSR count). The number of nitrogens with one attached hydrogen (secondary N) is 1. The fourth-order valence-corrected chi connectivity index (χ4v) is 2.96. The number of ether oxygens (including phenoxy) is 1. The second kappa shape index (κ2) is 5.87. The molecule has 112 valence electrons. The number of para-hydroxylation sites is 1. The van der Waals surface area contributed by atoms with E-state index < -0.39 is 0 Å². The Kier molecular flexibility index (Phi) is 3.94. The number of hydrazine groups is 1. The summed E-state index contributed by atoms with van der Waals surface area (Å²) in [6.45, 7) is 2.87. The van der Waals surface area contributed by atoms with Crippen LogP contribution in [0.2, 0.25) is 0 Å². The van der Waals surface area contributed by atoms with Crippen molar-refractivity contribution in [1.29, 1.82) is 0 Å². The maximum atomic E-state index is 5.91. The number of hydrogen-bond acceptors (Lipinski definition) is 4. The zero-order chi connectivity index (χ0) is 14.8. The third-order valence-corrected chi connectivity index (χ3v) is 4.07. The Hall–Kier alpha value is -1.85. The normalized spacial score (nSPS) is 15.4. The fourth-order valence-electron chi connectivity index (χ4n) is 2.96. The first kappa shape index (κ1) is 14.1. The average Bonchev–Trinajstić information content (AvgIpc) is 2.89. The van der Waals surface area contributed by atoms with Gasteiger partial charge in [-0.05, 0) is 30.9 Å². The van der Waals surface area contributed by atoms with Gasteiger partial charge in [-0.25, -0.2) is 5.43 Å². The summed E-state index contributed by atoms with van der Waals surface area (Å²) in [6.07, 6.45) is 3.05. The molecule has 0 radical (unpaired) electrons. The largest absolute Gasteiger partial charge is 0.493 e. The first-order chi connectivity index (χ1) is 10.2. The Morgan fingerprint density at radius 2 is 2.33 bits per heavy atom. The van der Waals surface area contributed by atoms with E-state index in [0.717, 1.165) is 48.6 Å². The smallest absolute Gasteiger partial charge is 0.127 e. The molecule has 2 heterocycles. The lowest BCUT2D eigenvalue weighted by Gasteiger charge is -2.25. The molecule has 0 saturated heterocycles. The number of rotatable bonds is 4. The van der Waals surface area contributed by atoms with Crippen LogP contribution in [0.4, 0.5) is 0 Å². The van der Waals surface area contributed by atoms with Crippen molar-refractivity contribution < 1.29 is 4.74 Å². The SMILES string of the molecule is CCc1cc(C(NN)c2cccc3c2OCCC3)n(C)n1. The Labute approximate surface area is 125 Å². The van der Waals surface area contributed by atoms with E-state index in [0.29, 0.717) is 0 Å². The number of fused-ring (bicyclic) bond motifs is 1. The molecule has 1 aliphatic heterocycles. The van der Waals surface area contributed by atoms with Gasteiger partial charge < -0.3 is 4.74 Å². The van der Waals surface area contributed by atoms with Crippen LogP contribution in [-0.4, -0.2) is 16.4 Å². The predicted octanol–water partition coefficient (Wildman–Crippen LogP) is 1.86. The first-order valence-electron chi connectivity index (χ1n) is 7.48. The maximum absolute atomic E-state index is 5.91. The molecular formula is C16H22N4O. The van der Waals surface area contributed by atoms with Crippen molar-refractivity contribution in [2.24, 2.45) is 12.9 Å². The van der Waals surface area contributed by atoms with Crippen LogP contribution in [0.3, 0.4) is 0 Å². The zero-order valence-electron chi connectivity index (χ0n) is 12.6. The molecule has 0 amide bonds. The minimum Gasteiger partial charge on any atom is -0.493 e. The van der Waals surface area contributed by atoms with Crippen molar-refractivity contribution in [1.82, 2.24) is 15.2 Å². The van der Waals surface area contributed by atoms with Gasteiger partial charge in [0.15, 0.2) is 0 Å². The summed E-state index contributed by atoms with van der Waals surface area (Å²) in [5.41, 5.74) is 7.39. The molecule has 0 bridgehead atoms. The van der Waals surface area contributed by atoms with Crippen LogP contribution in [0.15, 0.2) is 24.3 Å². The Morgan fingerprint density at radius 1 is 1.48 bits per heavy atom. The molecule has 1 aromatic heterocycles. The van der Waals surface area contributed by atoms with E-state index >= 15 is 0 Å². The third-order valence-electron chi connectivity index (χ3n) is 4.07. The molecule has 2 aromatic rings. The van der Waals surface area contributed by atoms with Crippen molar-refractivity contribution in [3.8, 4) is 5.75 Å². The topological polar surface area (TPSA) is 65.1 Å². The molecule has 5 heteroatoms. The predicted molar refractivity (Wildman–Crippen MR) is 82.0 cm³/mol. The Morgan fingerprint density at radius 3 is 3.05 bits per heavy atom. The Bertz CT molecular complexity index is 635. The van der Waals surface area contributed by atoms with Crippen LogP contribution >= 0.6 is 0 Å². The molecule has 0 aliphatic carbocycles. The lowest BCUT2D eigenvalue weighted by Crippen LogP contribution is -2.31. The van der Waals surface area contributed by atoms with E-state index in [-0.39, 0.29) is 6.04 Å². The quantitative estimate of drug-likeness (QED) is 0.665. The van der Waals surface area contributed by atoms with Gasteiger partial charge in [0.2, 0.25) is 0 Å². The van der Waals surface area contributed by atoms with Gasteiger partial charge in [-0.1, -0.05) is 25.1 Å². The van der Waals surface area contributed by atoms with Crippen molar-refractivity contribution >= 4 is 0 Å². The summed E-state index contributed by atoms with van der Waals surface area (Å²) in [4.78, 5) is 0. The number of aryl methyl sites for hydroxylation is 3. The lowest BCUT2D eigenvalue weighted by molar-refractivity contribution is 0.282. The molecule has 21 heavy (non-hydrogen) atoms. The molecule has 1 atom stereocenters. The Balaban J connectivity index is 2.06. The van der Waals surface area contributed by atoms with Gasteiger partial charge in [0.25, 0.3) is 0 Å². The fraction of sp³-hybridized carbons (Fsp3) is 0.438. The minimum absolute atomic E-state index is 0.115. The summed E-state index contributed by atoms with van der Waals surface area (Å²) in [6, 6.07) is 8.27. The first-order valence-corrected chi connectivity index (χ1v) is 7.48. The second-order valence-corrected chi connectivity index (χ2v) is 5.42. The molecule has 0 fully saturated rings. The standard InChI is InChI=1S/C16H22N4O/c1-3-12-10-14(20(2)19-12)15(18-17)13-8-4-6-11-7-5-9-21-16(11)13/h4,6,8,10,15,18H,3,5,7,9,17H2,1-2H3. The summed E-state index contributed by atoms with van der Waals surface area (Å²) in [5.74, 6) is 6.82. The van der Waals surface area contributed by atoms with Crippen LogP contribution in [0, 0.1) is 0 Å². The number of aromatic nitrogens is 2. The van der Waals surface area contributed by atoms with Crippen molar-refractivity contribution in [2.75, 3.05) is 6.61 Å². The number of hydrogen-bond donors (Lipinski definition) is 2. The highest BCUT2D eigenvalue weighted by Crippen LogP contribution is 2.35. The van der Waals surface area contributed by atoms with E-state index in [1.54, 1.807) is 0 Å². The minimum atomic E-state index is -0.115. The lowest BCUT2D eigenvalue weighted by atomic mass is 9.96. The number of benzene rings is 1. The van der Waals surface area contributed by atoms with Gasteiger partial charge >= 0.3 is 0 Å². The molecule has 0 spiro atoms. The van der Waals surface area contributed by atoms with Gasteiger partial charge in [-0.15, -0.1) is 0 Å². The molecule has 5 nitrogen and oxygen atoms in total. The highest BCUT2D eigenvalue weighted by molar-refractivity contribution is 5.47. The van der Waals surface area contributed by atoms with Gasteiger partial charge in [0.1, 0.15) is 5.75 Å². The van der Waals surface area contributed by atoms with Crippen molar-refractivity contribution in [2.45, 2.75) is 32.2 Å². The zero-order valence-corrected chi connectivity index (χ0v) is 12.6. The highest BCUT2D eigenvalue weighted by atomic mass is 16.5. The van der Waals surface area contributed by atoms with Crippen molar-refractivity contribution in [3.63, 3.8) is 0 Å². The molecule has 1 unspecified atom stereocenters. The van der Waals surface area contributed by atoms with Gasteiger partial charge in [-0.2, -0.15) is 5.10 Å². The van der Waals surface area contributed by atoms with Gasteiger partial charge in [0, 0.05) is 12.6 Å². The molecule has 3 N–H and O–H groups in total. The highest BCUT2D eigenvalue weighted by Gasteiger charge is 2.24. The maximum Gasteiger partial charge on any atom is 0.127 e. The van der Waals surface area contributed by atoms with Crippen LogP contribution in [0.1, 0.15) is 41.9 Å². The second-order valence-electron chi connectivity index (χ2n) is 5.42. The molecular weight excluding hydrogens is 264 g/mol. The van der Waals surface area contributed by atoms with Crippen LogP contribution in [0.25, 0.3) is 0 Å². The van der Waals surface area contributed by atoms with E-state index in [4.69, 9.17) is 10.6 Å². The summed E-state index contributed by atoms with van der Waals surface area (Å²) < 4.78 is 7.80. The molecule has 1 aromatic carbocycles. The number of nitrogens with two attached hydrogens (primary N) is 1. The average molecular weight is 286 g/mol. The van der Waals surface area contributed by atoms with Gasteiger partial charge in [-0.3, -0.25) is 10.5 Å². The van der Waals surface area contributed by atoms with Crippen LogP contribution in [0.5, 0.6) is 5.75 Å². The van der Waals surface area contributed by atoms with E-state index in [9.17, 15) is 0 Å². The van der Waals surface area contributed by atoms with E-state index in [1.165, 1.54) is 5.56 Å². The van der Waals surface area contributed by atoms with Crippen LogP contribution in [-0.2, 0) is 19.9 Å². The summed E-state index contributed by atoms with van der Waals surface area (Å²) in [7, 11) is 1.95. The number of nitrogens with zero attached hydrogens (tertiary/aromatic N) is 2. The molecule has 1 aliphatic rings. The van der Waals surface area contributed by atoms with E-state index in [1.807, 2.05) is 11.7 Å². The summed E-state index contributed by atoms with van der Waals surface area (Å²) in [5, 5.41) is 4.52. The van der Waals surface area contributed by atoms with E-state index in [2.05, 4.69) is 41.7 Å².